The molecule has 0 aliphatic carbocycles. The number of carboxylic acid groups (broad SMARTS) is 1. The molecule has 8 nitrogen and oxygen atoms in total. The van der Waals surface area contributed by atoms with Crippen LogP contribution in [0.15, 0.2) is 58.2 Å². The Kier molecular flexibility index (Phi) is 8.75. The van der Waals surface area contributed by atoms with E-state index in [0.717, 1.165) is 6.42 Å². The first-order valence-electron chi connectivity index (χ1n) is 10.9. The first-order valence-corrected chi connectivity index (χ1v) is 10.9. The molecule has 0 spiro atoms. The van der Waals surface area contributed by atoms with Gasteiger partial charge < -0.3 is 23.9 Å². The molecule has 1 aromatic heterocycles. The fourth-order valence-electron chi connectivity index (χ4n) is 2.89. The number of ether oxygens (including phenoxy) is 2. The van der Waals surface area contributed by atoms with E-state index in [1.54, 1.807) is 30.3 Å². The number of aromatic nitrogens is 1. The minimum atomic E-state index is -1.07. The van der Waals surface area contributed by atoms with Gasteiger partial charge in [0, 0.05) is 11.6 Å². The Balaban J connectivity index is 1.81. The largest absolute Gasteiger partial charge is 0.487 e. The fourth-order valence-corrected chi connectivity index (χ4v) is 2.89. The maximum absolute atomic E-state index is 13.2. The third kappa shape index (κ3) is 7.14. The third-order valence-electron chi connectivity index (χ3n) is 4.58. The van der Waals surface area contributed by atoms with Gasteiger partial charge in [-0.25, -0.2) is 9.18 Å². The van der Waals surface area contributed by atoms with Crippen molar-refractivity contribution in [3.05, 3.63) is 71.2 Å². The number of nitrogens with zero attached hydrogens (tertiary/aromatic N) is 2. The Hall–Kier alpha value is -3.72. The fraction of sp³-hybridized carbons (Fsp3) is 0.320. The summed E-state index contributed by atoms with van der Waals surface area (Å²) in [5, 5.41) is 17.6. The summed E-state index contributed by atoms with van der Waals surface area (Å²) in [6.45, 7) is 6.33. The van der Waals surface area contributed by atoms with Crippen molar-refractivity contribution in [2.24, 2.45) is 5.16 Å². The van der Waals surface area contributed by atoms with Crippen molar-refractivity contribution in [2.45, 2.75) is 39.9 Å². The van der Waals surface area contributed by atoms with E-state index < -0.39 is 5.97 Å². The number of benzene rings is 2. The van der Waals surface area contributed by atoms with Crippen molar-refractivity contribution in [1.29, 1.82) is 0 Å². The van der Waals surface area contributed by atoms with Gasteiger partial charge in [-0.15, -0.1) is 0 Å². The molecule has 180 valence electrons. The van der Waals surface area contributed by atoms with Gasteiger partial charge in [0.1, 0.15) is 30.5 Å². The smallest absolute Gasteiger partial charge is 0.335 e. The molecule has 9 heteroatoms. The van der Waals surface area contributed by atoms with E-state index in [0.29, 0.717) is 40.6 Å². The van der Waals surface area contributed by atoms with E-state index in [1.807, 2.05) is 20.8 Å². The van der Waals surface area contributed by atoms with Gasteiger partial charge in [-0.05, 0) is 68.3 Å². The van der Waals surface area contributed by atoms with Gasteiger partial charge in [-0.1, -0.05) is 17.2 Å². The van der Waals surface area contributed by atoms with Crippen molar-refractivity contribution in [3.63, 3.8) is 0 Å². The maximum atomic E-state index is 13.2. The van der Waals surface area contributed by atoms with Crippen LogP contribution in [0.5, 0.6) is 5.75 Å². The molecule has 0 atom stereocenters. The zero-order chi connectivity index (χ0) is 24.5. The number of aromatic carboxylic acids is 1. The van der Waals surface area contributed by atoms with Crippen LogP contribution in [0, 0.1) is 5.82 Å². The van der Waals surface area contributed by atoms with Crippen LogP contribution in [-0.4, -0.2) is 41.3 Å². The summed E-state index contributed by atoms with van der Waals surface area (Å²) in [6.07, 6.45) is 0.753. The van der Waals surface area contributed by atoms with Crippen molar-refractivity contribution in [1.82, 2.24) is 5.16 Å². The summed E-state index contributed by atoms with van der Waals surface area (Å²) in [5.41, 5.74) is 2.26. The SMILES string of the molecule is CCCO/N=C(\COc1cc(COC(C)C)cc(C(=O)O)c1)c1cc(-c2ccc(F)cc2)no1. The minimum Gasteiger partial charge on any atom is -0.487 e. The number of halogens is 1. The number of oxime groups is 1. The predicted molar refractivity (Wildman–Crippen MR) is 123 cm³/mol. The van der Waals surface area contributed by atoms with Crippen LogP contribution < -0.4 is 4.74 Å². The Morgan fingerprint density at radius 3 is 2.62 bits per heavy atom. The van der Waals surface area contributed by atoms with Crippen molar-refractivity contribution in [3.8, 4) is 17.0 Å². The average Bonchev–Trinajstić information content (AvgIpc) is 3.30. The molecule has 3 aromatic rings. The molecule has 0 unspecified atom stereocenters. The van der Waals surface area contributed by atoms with Gasteiger partial charge in [0.05, 0.1) is 18.3 Å². The number of carbonyl (C=O) groups is 1. The molecule has 34 heavy (non-hydrogen) atoms. The summed E-state index contributed by atoms with van der Waals surface area (Å²) in [4.78, 5) is 16.9. The van der Waals surface area contributed by atoms with Crippen LogP contribution in [0.1, 0.15) is 48.9 Å². The highest BCUT2D eigenvalue weighted by Crippen LogP contribution is 2.22. The van der Waals surface area contributed by atoms with Gasteiger partial charge in [-0.2, -0.15) is 0 Å². The number of hydrogen-bond donors (Lipinski definition) is 1. The lowest BCUT2D eigenvalue weighted by Crippen LogP contribution is -2.14. The molecule has 0 bridgehead atoms. The molecule has 3 rings (SSSR count). The Morgan fingerprint density at radius 2 is 1.94 bits per heavy atom. The summed E-state index contributed by atoms with van der Waals surface area (Å²) in [6, 6.07) is 12.2. The van der Waals surface area contributed by atoms with Crippen molar-refractivity contribution >= 4 is 11.7 Å². The van der Waals surface area contributed by atoms with E-state index in [1.165, 1.54) is 18.2 Å². The second-order valence-electron chi connectivity index (χ2n) is 7.77. The molecular formula is C25H27FN2O6. The molecule has 0 saturated carbocycles. The summed E-state index contributed by atoms with van der Waals surface area (Å²) in [5.74, 6) is -0.773. The average molecular weight is 470 g/mol. The van der Waals surface area contributed by atoms with Gasteiger partial charge in [0.15, 0.2) is 11.5 Å². The molecule has 0 fully saturated rings. The Bertz CT molecular complexity index is 1120. The normalized spacial score (nSPS) is 11.6. The van der Waals surface area contributed by atoms with Crippen LogP contribution in [0.25, 0.3) is 11.3 Å². The highest BCUT2D eigenvalue weighted by atomic mass is 19.1. The summed E-state index contributed by atoms with van der Waals surface area (Å²) < 4.78 is 30.1. The van der Waals surface area contributed by atoms with Gasteiger partial charge >= 0.3 is 5.97 Å². The van der Waals surface area contributed by atoms with Crippen molar-refractivity contribution in [2.75, 3.05) is 13.2 Å². The van der Waals surface area contributed by atoms with Gasteiger partial charge in [-0.3, -0.25) is 0 Å². The highest BCUT2D eigenvalue weighted by Gasteiger charge is 2.16. The first-order chi connectivity index (χ1) is 16.4. The van der Waals surface area contributed by atoms with Crippen LogP contribution >= 0.6 is 0 Å². The Labute approximate surface area is 196 Å². The van der Waals surface area contributed by atoms with E-state index in [2.05, 4.69) is 10.3 Å². The van der Waals surface area contributed by atoms with Crippen LogP contribution in [0.4, 0.5) is 4.39 Å². The second kappa shape index (κ2) is 11.9. The molecule has 0 saturated heterocycles. The van der Waals surface area contributed by atoms with Crippen LogP contribution in [-0.2, 0) is 16.2 Å². The quantitative estimate of drug-likeness (QED) is 0.217. The van der Waals surface area contributed by atoms with Crippen LogP contribution in [0.3, 0.4) is 0 Å². The lowest BCUT2D eigenvalue weighted by molar-refractivity contribution is 0.0651. The van der Waals surface area contributed by atoms with Crippen LogP contribution in [0.2, 0.25) is 0 Å². The maximum Gasteiger partial charge on any atom is 0.335 e. The first kappa shape index (κ1) is 24.9. The number of carboxylic acids is 1. The summed E-state index contributed by atoms with van der Waals surface area (Å²) >= 11 is 0. The molecule has 0 aliphatic heterocycles. The second-order valence-corrected chi connectivity index (χ2v) is 7.77. The molecule has 0 amide bonds. The van der Waals surface area contributed by atoms with E-state index in [9.17, 15) is 14.3 Å². The predicted octanol–water partition coefficient (Wildman–Crippen LogP) is 5.31. The molecule has 0 aliphatic rings. The lowest BCUT2D eigenvalue weighted by atomic mass is 10.1. The zero-order valence-corrected chi connectivity index (χ0v) is 19.3. The molecule has 1 N–H and O–H groups in total. The topological polar surface area (TPSA) is 103 Å². The number of hydrogen-bond acceptors (Lipinski definition) is 7. The molecular weight excluding hydrogens is 443 g/mol. The lowest BCUT2D eigenvalue weighted by Gasteiger charge is -2.12. The van der Waals surface area contributed by atoms with E-state index in [4.69, 9.17) is 18.8 Å². The standard InChI is InChI=1S/C25H27FN2O6/c1-4-9-33-27-23(24-13-22(28-34-24)18-5-7-20(26)8-6-18)15-32-21-11-17(14-31-16(2)3)10-19(12-21)25(29)30/h5-8,10-13,16H,4,9,14-15H2,1-3H3,(H,29,30)/b27-23+. The van der Waals surface area contributed by atoms with E-state index >= 15 is 0 Å². The van der Waals surface area contributed by atoms with Crippen molar-refractivity contribution < 1.29 is 33.1 Å². The number of rotatable bonds is 12. The Morgan fingerprint density at radius 1 is 1.18 bits per heavy atom. The monoisotopic (exact) mass is 470 g/mol. The van der Waals surface area contributed by atoms with Gasteiger partial charge in [0.25, 0.3) is 0 Å². The zero-order valence-electron chi connectivity index (χ0n) is 19.3. The van der Waals surface area contributed by atoms with E-state index in [-0.39, 0.29) is 30.7 Å². The minimum absolute atomic E-state index is 0.00550. The van der Waals surface area contributed by atoms with Gasteiger partial charge in [0.2, 0.25) is 0 Å². The molecule has 2 aromatic carbocycles. The molecule has 0 radical (unpaired) electrons. The third-order valence-corrected chi connectivity index (χ3v) is 4.58. The summed E-state index contributed by atoms with van der Waals surface area (Å²) in [7, 11) is 0. The molecule has 1 heterocycles. The highest BCUT2D eigenvalue weighted by molar-refractivity contribution is 5.99.